The summed E-state index contributed by atoms with van der Waals surface area (Å²) in [5.74, 6) is 0.928. The zero-order valence-electron chi connectivity index (χ0n) is 11.8. The molecule has 0 aromatic heterocycles. The highest BCUT2D eigenvalue weighted by Crippen LogP contribution is 2.39. The average molecular weight is 268 g/mol. The lowest BCUT2D eigenvalue weighted by molar-refractivity contribution is -0.278. The Morgan fingerprint density at radius 1 is 1.15 bits per heavy atom. The molecule has 0 fully saturated rings. The van der Waals surface area contributed by atoms with E-state index in [1.54, 1.807) is 7.11 Å². The normalized spacial score (nSPS) is 11.3. The van der Waals surface area contributed by atoms with Crippen LogP contribution < -0.4 is 9.84 Å². The van der Waals surface area contributed by atoms with Crippen LogP contribution in [0.5, 0.6) is 11.6 Å². The van der Waals surface area contributed by atoms with Crippen LogP contribution in [0.1, 0.15) is 19.8 Å². The first-order chi connectivity index (χ1) is 9.76. The second kappa shape index (κ2) is 5.08. The molecular weight excluding hydrogens is 250 g/mol. The molecule has 104 valence electrons. The summed E-state index contributed by atoms with van der Waals surface area (Å²) in [4.78, 5) is 0. The second-order valence-electron chi connectivity index (χ2n) is 5.05. The van der Waals surface area contributed by atoms with Crippen molar-refractivity contribution in [2.75, 3.05) is 7.11 Å². The van der Waals surface area contributed by atoms with E-state index in [0.717, 1.165) is 47.2 Å². The monoisotopic (exact) mass is 268 g/mol. The highest BCUT2D eigenvalue weighted by Gasteiger charge is 2.13. The molecule has 0 amide bonds. The fraction of sp³-hybridized carbons (Fsp3) is 0.294. The largest absolute Gasteiger partial charge is 0.860 e. The summed E-state index contributed by atoms with van der Waals surface area (Å²) in [5.41, 5.74) is 2.79. The molecule has 20 heavy (non-hydrogen) atoms. The predicted octanol–water partition coefficient (Wildman–Crippen LogP) is 3.63. The van der Waals surface area contributed by atoms with Gasteiger partial charge >= 0.3 is 0 Å². The molecule has 0 spiro atoms. The van der Waals surface area contributed by atoms with Crippen LogP contribution in [-0.2, 0) is 6.54 Å². The molecule has 1 aliphatic carbocycles. The van der Waals surface area contributed by atoms with Gasteiger partial charge in [0.25, 0.3) is 0 Å². The molecule has 1 aromatic rings. The molecule has 0 N–H and O–H groups in total. The fourth-order valence-electron chi connectivity index (χ4n) is 2.73. The van der Waals surface area contributed by atoms with Crippen LogP contribution in [0.15, 0.2) is 36.4 Å². The van der Waals surface area contributed by atoms with Crippen molar-refractivity contribution in [1.82, 2.24) is 4.57 Å². The van der Waals surface area contributed by atoms with Crippen molar-refractivity contribution >= 4 is 10.9 Å². The van der Waals surface area contributed by atoms with Crippen molar-refractivity contribution in [1.29, 1.82) is 0 Å². The van der Waals surface area contributed by atoms with E-state index in [-0.39, 0.29) is 5.88 Å². The summed E-state index contributed by atoms with van der Waals surface area (Å²) in [6, 6.07) is 11.8. The van der Waals surface area contributed by atoms with Crippen molar-refractivity contribution in [3.8, 4) is 22.8 Å². The number of aromatic nitrogens is 1. The number of hydrogen-bond donors (Lipinski definition) is 0. The van der Waals surface area contributed by atoms with Gasteiger partial charge in [0, 0.05) is 17.4 Å². The maximum atomic E-state index is 12.6. The quantitative estimate of drug-likeness (QED) is 0.724. The summed E-state index contributed by atoms with van der Waals surface area (Å²) < 4.78 is 7.20. The average Bonchev–Trinajstić information content (AvgIpc) is 2.97. The SMILES string of the molecule is CCCCn1c([O-])c2cccc-2c2cc(OC)ccc21. The molecule has 0 saturated carbocycles. The van der Waals surface area contributed by atoms with Crippen LogP contribution in [-0.4, -0.2) is 11.7 Å². The van der Waals surface area contributed by atoms with Gasteiger partial charge in [-0.1, -0.05) is 31.5 Å². The fourth-order valence-corrected chi connectivity index (χ4v) is 2.73. The van der Waals surface area contributed by atoms with E-state index in [2.05, 4.69) is 6.92 Å². The Balaban J connectivity index is 2.33. The lowest BCUT2D eigenvalue weighted by Gasteiger charge is -2.25. The van der Waals surface area contributed by atoms with Crippen molar-refractivity contribution in [3.63, 3.8) is 0 Å². The van der Waals surface area contributed by atoms with E-state index in [1.807, 2.05) is 41.0 Å². The molecule has 2 aliphatic rings. The van der Waals surface area contributed by atoms with Crippen molar-refractivity contribution < 1.29 is 9.84 Å². The smallest absolute Gasteiger partial charge is 0.119 e. The Kier molecular flexibility index (Phi) is 3.26. The van der Waals surface area contributed by atoms with Crippen LogP contribution >= 0.6 is 0 Å². The van der Waals surface area contributed by atoms with Gasteiger partial charge in [0.2, 0.25) is 0 Å². The molecule has 0 unspecified atom stereocenters. The van der Waals surface area contributed by atoms with Gasteiger partial charge in [0.1, 0.15) is 5.75 Å². The van der Waals surface area contributed by atoms with Crippen molar-refractivity contribution in [3.05, 3.63) is 36.4 Å². The number of rotatable bonds is 4. The van der Waals surface area contributed by atoms with Gasteiger partial charge in [-0.05, 0) is 41.6 Å². The van der Waals surface area contributed by atoms with Gasteiger partial charge in [0.05, 0.1) is 7.11 Å². The predicted molar refractivity (Wildman–Crippen MR) is 79.5 cm³/mol. The molecule has 0 radical (unpaired) electrons. The van der Waals surface area contributed by atoms with Crippen molar-refractivity contribution in [2.24, 2.45) is 0 Å². The molecule has 3 nitrogen and oxygen atoms in total. The molecule has 1 heterocycles. The van der Waals surface area contributed by atoms with Gasteiger partial charge in [-0.3, -0.25) is 0 Å². The maximum absolute atomic E-state index is 12.6. The van der Waals surface area contributed by atoms with E-state index >= 15 is 0 Å². The molecule has 1 aromatic carbocycles. The van der Waals surface area contributed by atoms with E-state index in [0.29, 0.717) is 0 Å². The minimum Gasteiger partial charge on any atom is -0.860 e. The Morgan fingerprint density at radius 2 is 1.95 bits per heavy atom. The molecule has 1 aliphatic heterocycles. The van der Waals surface area contributed by atoms with Gasteiger partial charge in [-0.15, -0.1) is 0 Å². The highest BCUT2D eigenvalue weighted by molar-refractivity contribution is 5.99. The third-order valence-corrected chi connectivity index (χ3v) is 3.81. The Bertz CT molecular complexity index is 715. The number of unbranched alkanes of at least 4 members (excludes halogenated alkanes) is 1. The van der Waals surface area contributed by atoms with Crippen LogP contribution in [0.3, 0.4) is 0 Å². The van der Waals surface area contributed by atoms with Crippen molar-refractivity contribution in [2.45, 2.75) is 26.3 Å². The Morgan fingerprint density at radius 3 is 2.70 bits per heavy atom. The zero-order valence-corrected chi connectivity index (χ0v) is 11.8. The summed E-state index contributed by atoms with van der Waals surface area (Å²) in [6.07, 6.45) is 2.08. The molecule has 3 rings (SSSR count). The molecule has 0 saturated heterocycles. The number of nitrogens with zero attached hydrogens (tertiary/aromatic N) is 1. The summed E-state index contributed by atoms with van der Waals surface area (Å²) in [7, 11) is 1.66. The van der Waals surface area contributed by atoms with Gasteiger partial charge in [0.15, 0.2) is 0 Å². The first-order valence-corrected chi connectivity index (χ1v) is 7.02. The topological polar surface area (TPSA) is 37.2 Å². The third-order valence-electron chi connectivity index (χ3n) is 3.81. The molecule has 3 heteroatoms. The van der Waals surface area contributed by atoms with Crippen LogP contribution in [0, 0.1) is 0 Å². The molecule has 0 bridgehead atoms. The Hall–Kier alpha value is -2.16. The summed E-state index contributed by atoms with van der Waals surface area (Å²) in [5, 5.41) is 13.7. The Labute approximate surface area is 118 Å². The number of aryl methyl sites for hydroxylation is 1. The van der Waals surface area contributed by atoms with E-state index in [1.165, 1.54) is 0 Å². The van der Waals surface area contributed by atoms with Crippen LogP contribution in [0.25, 0.3) is 22.0 Å². The van der Waals surface area contributed by atoms with Gasteiger partial charge in [-0.25, -0.2) is 0 Å². The number of ether oxygens (including phenoxy) is 1. The molecule has 0 atom stereocenters. The van der Waals surface area contributed by atoms with Gasteiger partial charge < -0.3 is 14.4 Å². The minimum absolute atomic E-state index is 0.108. The van der Waals surface area contributed by atoms with Crippen LogP contribution in [0.4, 0.5) is 0 Å². The third kappa shape index (κ3) is 1.90. The van der Waals surface area contributed by atoms with E-state index in [9.17, 15) is 5.11 Å². The number of hydrogen-bond acceptors (Lipinski definition) is 2. The standard InChI is InChI=1S/C17H19NO2/c1-3-4-10-18-16-9-8-12(20-2)11-15(16)13-6-5-7-14(13)17(18)19/h5-9,11,19H,3-4,10H2,1-2H3/p-1. The first-order valence-electron chi connectivity index (χ1n) is 7.02. The van der Waals surface area contributed by atoms with Gasteiger partial charge in [-0.2, -0.15) is 0 Å². The summed E-state index contributed by atoms with van der Waals surface area (Å²) >= 11 is 0. The van der Waals surface area contributed by atoms with Crippen LogP contribution in [0.2, 0.25) is 0 Å². The lowest BCUT2D eigenvalue weighted by atomic mass is 10.0. The number of methoxy groups -OCH3 is 1. The zero-order chi connectivity index (χ0) is 14.1. The lowest BCUT2D eigenvalue weighted by Crippen LogP contribution is -2.10. The van der Waals surface area contributed by atoms with E-state index in [4.69, 9.17) is 4.74 Å². The number of benzene rings is 1. The second-order valence-corrected chi connectivity index (χ2v) is 5.05. The maximum Gasteiger partial charge on any atom is 0.119 e. The molecular formula is C17H18NO2-. The highest BCUT2D eigenvalue weighted by atomic mass is 16.5. The number of fused-ring (bicyclic) bond motifs is 3. The minimum atomic E-state index is 0.108. The number of pyridine rings is 1. The summed E-state index contributed by atoms with van der Waals surface area (Å²) in [6.45, 7) is 2.90. The van der Waals surface area contributed by atoms with E-state index < -0.39 is 0 Å². The first kappa shape index (κ1) is 12.9.